The number of benzene rings is 1. The fourth-order valence-corrected chi connectivity index (χ4v) is 2.70. The van der Waals surface area contributed by atoms with Gasteiger partial charge >= 0.3 is 0 Å². The summed E-state index contributed by atoms with van der Waals surface area (Å²) >= 11 is 0. The number of aryl methyl sites for hydroxylation is 1. The second-order valence-electron chi connectivity index (χ2n) is 5.97. The molecule has 126 valence electrons. The Morgan fingerprint density at radius 3 is 2.32 bits per heavy atom. The topological polar surface area (TPSA) is 61.8 Å². The smallest absolute Gasteiger partial charge is 0.297 e. The summed E-state index contributed by atoms with van der Waals surface area (Å²) in [6, 6.07) is 6.56. The Bertz CT molecular complexity index is 548. The maximum atomic E-state index is 12.1. The van der Waals surface area contributed by atoms with E-state index in [2.05, 4.69) is 0 Å². The molecule has 0 amide bonds. The Balaban J connectivity index is 2.54. The van der Waals surface area contributed by atoms with Crippen LogP contribution in [0, 0.1) is 6.92 Å². The van der Waals surface area contributed by atoms with Crippen LogP contribution in [0.15, 0.2) is 29.2 Å². The summed E-state index contributed by atoms with van der Waals surface area (Å²) < 4.78 is 40.2. The van der Waals surface area contributed by atoms with Crippen LogP contribution < -0.4 is 0 Å². The summed E-state index contributed by atoms with van der Waals surface area (Å²) in [6.07, 6.45) is 0.845. The third-order valence-corrected chi connectivity index (χ3v) is 4.57. The van der Waals surface area contributed by atoms with E-state index < -0.39 is 15.7 Å². The highest BCUT2D eigenvalue weighted by Crippen LogP contribution is 2.18. The molecule has 0 aromatic heterocycles. The molecule has 0 saturated carbocycles. The predicted octanol–water partition coefficient (Wildman–Crippen LogP) is 2.92. The number of rotatable bonds is 9. The van der Waals surface area contributed by atoms with Gasteiger partial charge in [-0.2, -0.15) is 8.42 Å². The van der Waals surface area contributed by atoms with Crippen LogP contribution in [0.3, 0.4) is 0 Å². The first-order valence-corrected chi connectivity index (χ1v) is 8.70. The first kappa shape index (κ1) is 19.1. The molecule has 1 unspecified atom stereocenters. The summed E-state index contributed by atoms with van der Waals surface area (Å²) in [5, 5.41) is 0. The van der Waals surface area contributed by atoms with Gasteiger partial charge in [-0.05, 0) is 46.2 Å². The lowest BCUT2D eigenvalue weighted by Crippen LogP contribution is -2.33. The summed E-state index contributed by atoms with van der Waals surface area (Å²) in [7, 11) is -2.12. The minimum absolute atomic E-state index is 0.0371. The van der Waals surface area contributed by atoms with Gasteiger partial charge in [-0.1, -0.05) is 17.7 Å². The van der Waals surface area contributed by atoms with Gasteiger partial charge in [0.1, 0.15) is 0 Å². The van der Waals surface area contributed by atoms with E-state index in [0.717, 1.165) is 12.0 Å². The second kappa shape index (κ2) is 8.06. The van der Waals surface area contributed by atoms with Crippen molar-refractivity contribution in [3.05, 3.63) is 29.8 Å². The number of ether oxygens (including phenoxy) is 2. The first-order chi connectivity index (χ1) is 10.2. The lowest BCUT2D eigenvalue weighted by molar-refractivity contribution is -0.0569. The second-order valence-corrected chi connectivity index (χ2v) is 7.59. The minimum atomic E-state index is -3.76. The quantitative estimate of drug-likeness (QED) is 0.652. The van der Waals surface area contributed by atoms with Crippen LogP contribution in [0.4, 0.5) is 0 Å². The van der Waals surface area contributed by atoms with Gasteiger partial charge < -0.3 is 9.47 Å². The summed E-state index contributed by atoms with van der Waals surface area (Å²) in [5.41, 5.74) is 0.306. The van der Waals surface area contributed by atoms with E-state index in [1.807, 2.05) is 13.8 Å². The number of methoxy groups -OCH3 is 1. The highest BCUT2D eigenvalue weighted by atomic mass is 32.2. The van der Waals surface area contributed by atoms with Crippen molar-refractivity contribution in [1.29, 1.82) is 0 Å². The van der Waals surface area contributed by atoms with Crippen molar-refractivity contribution >= 4 is 10.1 Å². The average Bonchev–Trinajstić information content (AvgIpc) is 2.45. The van der Waals surface area contributed by atoms with Gasteiger partial charge in [0.2, 0.25) is 0 Å². The minimum Gasteiger partial charge on any atom is -0.382 e. The largest absolute Gasteiger partial charge is 0.382 e. The van der Waals surface area contributed by atoms with E-state index in [0.29, 0.717) is 6.61 Å². The van der Waals surface area contributed by atoms with E-state index in [1.54, 1.807) is 45.2 Å². The van der Waals surface area contributed by atoms with Crippen LogP contribution in [0.25, 0.3) is 0 Å². The molecule has 1 aromatic carbocycles. The fourth-order valence-electron chi connectivity index (χ4n) is 1.65. The molecule has 0 heterocycles. The van der Waals surface area contributed by atoms with Gasteiger partial charge in [0.15, 0.2) is 0 Å². The van der Waals surface area contributed by atoms with E-state index >= 15 is 0 Å². The number of hydrogen-bond acceptors (Lipinski definition) is 5. The molecule has 22 heavy (non-hydrogen) atoms. The van der Waals surface area contributed by atoms with Crippen molar-refractivity contribution in [3.63, 3.8) is 0 Å². The molecule has 5 nitrogen and oxygen atoms in total. The van der Waals surface area contributed by atoms with Crippen molar-refractivity contribution in [3.8, 4) is 0 Å². The third-order valence-electron chi connectivity index (χ3n) is 3.29. The zero-order valence-corrected chi connectivity index (χ0v) is 14.8. The van der Waals surface area contributed by atoms with E-state index in [1.165, 1.54) is 0 Å². The molecule has 0 radical (unpaired) electrons. The van der Waals surface area contributed by atoms with Crippen molar-refractivity contribution < 1.29 is 22.1 Å². The standard InChI is InChI=1S/C16H26O5S/c1-13-6-8-15(9-7-13)22(17,18)21-12-16(3,4)20-11-10-14(2)19-5/h6-9,14H,10-12H2,1-5H3. The van der Waals surface area contributed by atoms with Gasteiger partial charge in [-0.3, -0.25) is 4.18 Å². The molecular weight excluding hydrogens is 304 g/mol. The molecule has 0 aliphatic heterocycles. The Hall–Kier alpha value is -0.950. The van der Waals surface area contributed by atoms with Crippen molar-refractivity contribution in [2.24, 2.45) is 0 Å². The first-order valence-electron chi connectivity index (χ1n) is 7.29. The zero-order valence-electron chi connectivity index (χ0n) is 14.0. The van der Waals surface area contributed by atoms with Gasteiger partial charge in [0, 0.05) is 13.7 Å². The molecule has 0 aliphatic carbocycles. The van der Waals surface area contributed by atoms with Gasteiger partial charge in [0.25, 0.3) is 10.1 Å². The lowest BCUT2D eigenvalue weighted by Gasteiger charge is -2.25. The molecule has 1 rings (SSSR count). The highest BCUT2D eigenvalue weighted by Gasteiger charge is 2.24. The summed E-state index contributed by atoms with van der Waals surface area (Å²) in [5.74, 6) is 0. The normalized spacial score (nSPS) is 14.0. The molecule has 0 fully saturated rings. The Kier molecular flexibility index (Phi) is 6.99. The van der Waals surface area contributed by atoms with Crippen LogP contribution in [0.1, 0.15) is 32.8 Å². The maximum absolute atomic E-state index is 12.1. The van der Waals surface area contributed by atoms with Crippen LogP contribution in [0.5, 0.6) is 0 Å². The maximum Gasteiger partial charge on any atom is 0.297 e. The average molecular weight is 330 g/mol. The Morgan fingerprint density at radius 1 is 1.18 bits per heavy atom. The van der Waals surface area contributed by atoms with Crippen LogP contribution in [-0.2, 0) is 23.8 Å². The van der Waals surface area contributed by atoms with E-state index in [9.17, 15) is 8.42 Å². The molecule has 0 spiro atoms. The molecule has 1 aromatic rings. The lowest BCUT2D eigenvalue weighted by atomic mass is 10.1. The Morgan fingerprint density at radius 2 is 1.77 bits per heavy atom. The third kappa shape index (κ3) is 6.44. The van der Waals surface area contributed by atoms with Crippen LogP contribution >= 0.6 is 0 Å². The van der Waals surface area contributed by atoms with E-state index in [-0.39, 0.29) is 17.6 Å². The van der Waals surface area contributed by atoms with Gasteiger partial charge in [-0.25, -0.2) is 0 Å². The van der Waals surface area contributed by atoms with Crippen LogP contribution in [-0.4, -0.2) is 40.4 Å². The highest BCUT2D eigenvalue weighted by molar-refractivity contribution is 7.86. The summed E-state index contributed by atoms with van der Waals surface area (Å²) in [6.45, 7) is 7.90. The number of hydrogen-bond donors (Lipinski definition) is 0. The summed E-state index contributed by atoms with van der Waals surface area (Å²) in [4.78, 5) is 0.155. The monoisotopic (exact) mass is 330 g/mol. The molecule has 0 bridgehead atoms. The SMILES string of the molecule is COC(C)CCOC(C)(C)COS(=O)(=O)c1ccc(C)cc1. The molecular formula is C16H26O5S. The molecule has 6 heteroatoms. The van der Waals surface area contributed by atoms with Crippen molar-refractivity contribution in [2.75, 3.05) is 20.3 Å². The van der Waals surface area contributed by atoms with Crippen LogP contribution in [0.2, 0.25) is 0 Å². The molecule has 1 atom stereocenters. The zero-order chi connectivity index (χ0) is 16.8. The molecule has 0 N–H and O–H groups in total. The fraction of sp³-hybridized carbons (Fsp3) is 0.625. The van der Waals surface area contributed by atoms with Crippen molar-refractivity contribution in [2.45, 2.75) is 50.7 Å². The molecule has 0 saturated heterocycles. The Labute approximate surface area is 133 Å². The van der Waals surface area contributed by atoms with E-state index in [4.69, 9.17) is 13.7 Å². The molecule has 0 aliphatic rings. The van der Waals surface area contributed by atoms with Crippen molar-refractivity contribution in [1.82, 2.24) is 0 Å². The predicted molar refractivity (Wildman–Crippen MR) is 85.4 cm³/mol. The van der Waals surface area contributed by atoms with Gasteiger partial charge in [-0.15, -0.1) is 0 Å². The van der Waals surface area contributed by atoms with Gasteiger partial charge in [0.05, 0.1) is 23.2 Å².